The lowest BCUT2D eigenvalue weighted by atomic mass is 10.0. The van der Waals surface area contributed by atoms with Gasteiger partial charge in [0.2, 0.25) is 11.3 Å². The average molecular weight is 437 g/mol. The molecule has 4 rings (SSSR count). The molecule has 0 radical (unpaired) electrons. The van der Waals surface area contributed by atoms with Gasteiger partial charge < -0.3 is 10.6 Å². The molecule has 2 heterocycles. The first-order valence-electron chi connectivity index (χ1n) is 9.91. The third kappa shape index (κ3) is 3.84. The monoisotopic (exact) mass is 436 g/mol. The number of carbonyl (C=O) groups excluding carboxylic acids is 2. The number of carbonyl (C=O) groups is 2. The van der Waals surface area contributed by atoms with Crippen molar-refractivity contribution < 1.29 is 9.59 Å². The summed E-state index contributed by atoms with van der Waals surface area (Å²) in [6.07, 6.45) is 0.985. The molecular formula is C23H21ClN4O3. The molecule has 2 aromatic carbocycles. The second-order valence-corrected chi connectivity index (χ2v) is 7.90. The second kappa shape index (κ2) is 8.35. The Bertz CT molecular complexity index is 1210. The SMILES string of the molecule is Cc1cc(=O)c(C(=O)N2[C@@H](C(N)=O)CC[C@@H]2c2ccccc2)nn1-c1ccccc1Cl. The van der Waals surface area contributed by atoms with Crippen LogP contribution in [0.4, 0.5) is 0 Å². The molecule has 2 atom stereocenters. The molecule has 3 aromatic rings. The Morgan fingerprint density at radius 2 is 1.74 bits per heavy atom. The van der Waals surface area contributed by atoms with E-state index in [1.807, 2.05) is 30.3 Å². The summed E-state index contributed by atoms with van der Waals surface area (Å²) in [4.78, 5) is 39.8. The fourth-order valence-corrected chi connectivity index (χ4v) is 4.28. The number of hydrogen-bond acceptors (Lipinski definition) is 4. The molecule has 1 fully saturated rings. The van der Waals surface area contributed by atoms with Crippen LogP contribution in [0.2, 0.25) is 5.02 Å². The molecule has 31 heavy (non-hydrogen) atoms. The summed E-state index contributed by atoms with van der Waals surface area (Å²) in [5.74, 6) is -1.23. The predicted octanol–water partition coefficient (Wildman–Crippen LogP) is 3.03. The van der Waals surface area contributed by atoms with Crippen LogP contribution in [0, 0.1) is 6.92 Å². The van der Waals surface area contributed by atoms with Gasteiger partial charge in [0, 0.05) is 11.8 Å². The lowest BCUT2D eigenvalue weighted by molar-refractivity contribution is -0.122. The molecule has 0 spiro atoms. The van der Waals surface area contributed by atoms with Crippen LogP contribution in [0.25, 0.3) is 5.69 Å². The van der Waals surface area contributed by atoms with E-state index < -0.39 is 23.3 Å². The maximum Gasteiger partial charge on any atom is 0.279 e. The highest BCUT2D eigenvalue weighted by Crippen LogP contribution is 2.36. The quantitative estimate of drug-likeness (QED) is 0.679. The van der Waals surface area contributed by atoms with Crippen LogP contribution in [-0.2, 0) is 4.79 Å². The van der Waals surface area contributed by atoms with Crippen molar-refractivity contribution in [3.63, 3.8) is 0 Å². The third-order valence-electron chi connectivity index (χ3n) is 5.52. The number of benzene rings is 2. The van der Waals surface area contributed by atoms with Crippen molar-refractivity contribution in [2.24, 2.45) is 5.73 Å². The van der Waals surface area contributed by atoms with Crippen molar-refractivity contribution in [2.75, 3.05) is 0 Å². The molecule has 2 amide bonds. The van der Waals surface area contributed by atoms with Crippen LogP contribution in [0.15, 0.2) is 65.5 Å². The zero-order valence-corrected chi connectivity index (χ0v) is 17.6. The number of aromatic nitrogens is 2. The Morgan fingerprint density at radius 3 is 2.42 bits per heavy atom. The van der Waals surface area contributed by atoms with Gasteiger partial charge in [0.05, 0.1) is 16.8 Å². The summed E-state index contributed by atoms with van der Waals surface area (Å²) in [5.41, 5.74) is 6.74. The van der Waals surface area contributed by atoms with Gasteiger partial charge in [-0.25, -0.2) is 4.68 Å². The Kier molecular flexibility index (Phi) is 5.61. The van der Waals surface area contributed by atoms with Gasteiger partial charge >= 0.3 is 0 Å². The first-order chi connectivity index (χ1) is 14.9. The number of hydrogen-bond donors (Lipinski definition) is 1. The Hall–Kier alpha value is -3.45. The van der Waals surface area contributed by atoms with Crippen LogP contribution in [0.1, 0.15) is 40.6 Å². The van der Waals surface area contributed by atoms with Crippen LogP contribution in [-0.4, -0.2) is 32.5 Å². The normalized spacial score (nSPS) is 18.2. The van der Waals surface area contributed by atoms with Crippen molar-refractivity contribution in [3.8, 4) is 5.69 Å². The summed E-state index contributed by atoms with van der Waals surface area (Å²) in [5, 5.41) is 4.77. The number of aryl methyl sites for hydroxylation is 1. The topological polar surface area (TPSA) is 98.3 Å². The zero-order chi connectivity index (χ0) is 22.1. The number of primary amides is 1. The van der Waals surface area contributed by atoms with Crippen LogP contribution in [0.5, 0.6) is 0 Å². The van der Waals surface area contributed by atoms with E-state index >= 15 is 0 Å². The first kappa shape index (κ1) is 20.8. The van der Waals surface area contributed by atoms with Crippen molar-refractivity contribution in [1.82, 2.24) is 14.7 Å². The van der Waals surface area contributed by atoms with Crippen molar-refractivity contribution in [3.05, 3.63) is 92.9 Å². The minimum Gasteiger partial charge on any atom is -0.368 e. The van der Waals surface area contributed by atoms with Crippen LogP contribution < -0.4 is 11.2 Å². The van der Waals surface area contributed by atoms with Crippen molar-refractivity contribution in [2.45, 2.75) is 31.8 Å². The lowest BCUT2D eigenvalue weighted by Crippen LogP contribution is -2.46. The minimum absolute atomic E-state index is 0.278. The molecule has 1 saturated heterocycles. The van der Waals surface area contributed by atoms with Crippen LogP contribution >= 0.6 is 11.6 Å². The van der Waals surface area contributed by atoms with Gasteiger partial charge in [0.25, 0.3) is 5.91 Å². The third-order valence-corrected chi connectivity index (χ3v) is 5.84. The molecule has 0 unspecified atom stereocenters. The molecule has 0 bridgehead atoms. The molecule has 158 valence electrons. The van der Waals surface area contributed by atoms with E-state index in [0.717, 1.165) is 5.56 Å². The van der Waals surface area contributed by atoms with E-state index in [9.17, 15) is 14.4 Å². The van der Waals surface area contributed by atoms with Gasteiger partial charge in [0.15, 0.2) is 5.69 Å². The van der Waals surface area contributed by atoms with Gasteiger partial charge in [-0.15, -0.1) is 0 Å². The van der Waals surface area contributed by atoms with Gasteiger partial charge in [-0.1, -0.05) is 54.1 Å². The maximum absolute atomic E-state index is 13.6. The molecular weight excluding hydrogens is 416 g/mol. The fraction of sp³-hybridized carbons (Fsp3) is 0.217. The van der Waals surface area contributed by atoms with E-state index in [0.29, 0.717) is 29.2 Å². The summed E-state index contributed by atoms with van der Waals surface area (Å²) < 4.78 is 1.46. The number of amides is 2. The molecule has 1 aliphatic rings. The predicted molar refractivity (Wildman–Crippen MR) is 117 cm³/mol. The largest absolute Gasteiger partial charge is 0.368 e. The van der Waals surface area contributed by atoms with E-state index in [2.05, 4.69) is 5.10 Å². The summed E-state index contributed by atoms with van der Waals surface area (Å²) in [6, 6.07) is 16.6. The second-order valence-electron chi connectivity index (χ2n) is 7.50. The molecule has 1 aromatic heterocycles. The van der Waals surface area contributed by atoms with E-state index in [1.54, 1.807) is 31.2 Å². The smallest absolute Gasteiger partial charge is 0.279 e. The number of nitrogens with two attached hydrogens (primary N) is 1. The highest BCUT2D eigenvalue weighted by Gasteiger charge is 2.42. The molecule has 8 heteroatoms. The maximum atomic E-state index is 13.6. The Labute approximate surface area is 184 Å². The number of para-hydroxylation sites is 1. The van der Waals surface area contributed by atoms with Crippen LogP contribution in [0.3, 0.4) is 0 Å². The number of rotatable bonds is 4. The Morgan fingerprint density at radius 1 is 1.06 bits per heavy atom. The molecule has 0 aliphatic carbocycles. The summed E-state index contributed by atoms with van der Waals surface area (Å²) in [6.45, 7) is 1.71. The number of halogens is 1. The molecule has 0 saturated carbocycles. The molecule has 2 N–H and O–H groups in total. The van der Waals surface area contributed by atoms with Crippen molar-refractivity contribution >= 4 is 23.4 Å². The standard InChI is InChI=1S/C23H21ClN4O3/c1-14-13-20(29)21(26-28(14)18-10-6-5-9-16(18)24)23(31)27-17(11-12-19(27)22(25)30)15-7-3-2-4-8-15/h2-10,13,17,19H,11-12H2,1H3,(H2,25,30)/t17-,19-/m1/s1. The van der Waals surface area contributed by atoms with Crippen molar-refractivity contribution in [1.29, 1.82) is 0 Å². The average Bonchev–Trinajstić information content (AvgIpc) is 3.20. The number of likely N-dealkylation sites (tertiary alicyclic amines) is 1. The van der Waals surface area contributed by atoms with E-state index in [4.69, 9.17) is 17.3 Å². The number of nitrogens with zero attached hydrogens (tertiary/aromatic N) is 3. The highest BCUT2D eigenvalue weighted by atomic mass is 35.5. The van der Waals surface area contributed by atoms with Gasteiger partial charge in [-0.3, -0.25) is 14.4 Å². The van der Waals surface area contributed by atoms with E-state index in [-0.39, 0.29) is 11.7 Å². The minimum atomic E-state index is -0.811. The summed E-state index contributed by atoms with van der Waals surface area (Å²) >= 11 is 6.30. The van der Waals surface area contributed by atoms with E-state index in [1.165, 1.54) is 15.6 Å². The first-order valence-corrected chi connectivity index (χ1v) is 10.3. The highest BCUT2D eigenvalue weighted by molar-refractivity contribution is 6.32. The van der Waals surface area contributed by atoms with Gasteiger partial charge in [0.1, 0.15) is 6.04 Å². The molecule has 7 nitrogen and oxygen atoms in total. The summed E-state index contributed by atoms with van der Waals surface area (Å²) in [7, 11) is 0. The molecule has 1 aliphatic heterocycles. The fourth-order valence-electron chi connectivity index (χ4n) is 4.06. The van der Waals surface area contributed by atoms with Gasteiger partial charge in [-0.05, 0) is 37.5 Å². The lowest BCUT2D eigenvalue weighted by Gasteiger charge is -2.29. The Balaban J connectivity index is 1.82. The van der Waals surface area contributed by atoms with Gasteiger partial charge in [-0.2, -0.15) is 5.10 Å². The zero-order valence-electron chi connectivity index (χ0n) is 16.9.